The van der Waals surface area contributed by atoms with Crippen LogP contribution in [-0.2, 0) is 4.74 Å². The van der Waals surface area contributed by atoms with Crippen LogP contribution >= 0.6 is 22.7 Å². The minimum Gasteiger partial charge on any atom is -0.450 e. The maximum absolute atomic E-state index is 13.2. The van der Waals surface area contributed by atoms with Crippen LogP contribution in [0.15, 0.2) is 53.2 Å². The van der Waals surface area contributed by atoms with Crippen LogP contribution in [0.2, 0.25) is 0 Å². The summed E-state index contributed by atoms with van der Waals surface area (Å²) in [6, 6.07) is 13.6. The van der Waals surface area contributed by atoms with Gasteiger partial charge in [-0.15, -0.1) is 22.7 Å². The van der Waals surface area contributed by atoms with E-state index in [0.717, 1.165) is 26.7 Å². The average Bonchev–Trinajstić information content (AvgIpc) is 3.57. The van der Waals surface area contributed by atoms with E-state index < -0.39 is 0 Å². The fraction of sp³-hybridized carbons (Fsp3) is 0.250. The van der Waals surface area contributed by atoms with Crippen molar-refractivity contribution >= 4 is 45.7 Å². The molecule has 0 radical (unpaired) electrons. The summed E-state index contributed by atoms with van der Waals surface area (Å²) < 4.78 is 5.06. The van der Waals surface area contributed by atoms with Gasteiger partial charge in [-0.1, -0.05) is 12.1 Å². The Morgan fingerprint density at radius 2 is 1.48 bits per heavy atom. The van der Waals surface area contributed by atoms with Gasteiger partial charge in [-0.05, 0) is 48.0 Å². The molecule has 33 heavy (non-hydrogen) atoms. The predicted octanol–water partition coefficient (Wildman–Crippen LogP) is 5.00. The van der Waals surface area contributed by atoms with Crippen molar-refractivity contribution in [2.24, 2.45) is 0 Å². The minimum absolute atomic E-state index is 0.0674. The molecule has 1 fully saturated rings. The Balaban J connectivity index is 1.43. The highest BCUT2D eigenvalue weighted by atomic mass is 32.1. The van der Waals surface area contributed by atoms with E-state index in [-0.39, 0.29) is 12.0 Å². The Hall–Kier alpha value is -3.30. The van der Waals surface area contributed by atoms with Gasteiger partial charge >= 0.3 is 6.09 Å². The van der Waals surface area contributed by atoms with Crippen LogP contribution in [0.5, 0.6) is 0 Å². The lowest BCUT2D eigenvalue weighted by atomic mass is 10.1. The Kier molecular flexibility index (Phi) is 6.06. The molecule has 0 unspecified atom stereocenters. The van der Waals surface area contributed by atoms with Crippen LogP contribution in [0.3, 0.4) is 0 Å². The lowest BCUT2D eigenvalue weighted by Gasteiger charge is -2.34. The third-order valence-electron chi connectivity index (χ3n) is 5.51. The largest absolute Gasteiger partial charge is 0.450 e. The highest BCUT2D eigenvalue weighted by Gasteiger charge is 2.26. The summed E-state index contributed by atoms with van der Waals surface area (Å²) >= 11 is 3.25. The topological polar surface area (TPSA) is 75.6 Å². The smallest absolute Gasteiger partial charge is 0.409 e. The molecule has 2 amide bonds. The molecule has 0 atom stereocenters. The number of ether oxygens (including phenoxy) is 1. The number of rotatable bonds is 4. The zero-order valence-corrected chi connectivity index (χ0v) is 19.7. The number of aromatic nitrogens is 2. The molecule has 1 aliphatic heterocycles. The Labute approximate surface area is 199 Å². The van der Waals surface area contributed by atoms with Gasteiger partial charge in [0.15, 0.2) is 0 Å². The van der Waals surface area contributed by atoms with Gasteiger partial charge in [0.25, 0.3) is 5.91 Å². The van der Waals surface area contributed by atoms with Gasteiger partial charge in [0.05, 0.1) is 27.4 Å². The van der Waals surface area contributed by atoms with Gasteiger partial charge in [0.2, 0.25) is 0 Å². The molecule has 0 saturated carbocycles. The third kappa shape index (κ3) is 4.34. The zero-order chi connectivity index (χ0) is 22.8. The highest BCUT2D eigenvalue weighted by molar-refractivity contribution is 7.14. The molecule has 0 spiro atoms. The van der Waals surface area contributed by atoms with Gasteiger partial charge < -0.3 is 14.5 Å². The molecule has 7 nitrogen and oxygen atoms in total. The number of nitrogens with zero attached hydrogens (tertiary/aromatic N) is 4. The second-order valence-electron chi connectivity index (χ2n) is 7.56. The van der Waals surface area contributed by atoms with Crippen LogP contribution < -0.4 is 0 Å². The first kappa shape index (κ1) is 21.5. The number of hydrogen-bond donors (Lipinski definition) is 0. The van der Waals surface area contributed by atoms with Crippen LogP contribution in [0.4, 0.5) is 4.79 Å². The van der Waals surface area contributed by atoms with E-state index in [0.29, 0.717) is 43.9 Å². The zero-order valence-electron chi connectivity index (χ0n) is 18.1. The van der Waals surface area contributed by atoms with Crippen LogP contribution in [0.25, 0.3) is 32.2 Å². The Morgan fingerprint density at radius 3 is 2.06 bits per heavy atom. The van der Waals surface area contributed by atoms with E-state index in [1.165, 1.54) is 0 Å². The number of thiophene rings is 2. The molecule has 3 aromatic heterocycles. The molecule has 0 bridgehead atoms. The fourth-order valence-corrected chi connectivity index (χ4v) is 5.28. The van der Waals surface area contributed by atoms with Crippen molar-refractivity contribution in [3.05, 3.63) is 58.8 Å². The van der Waals surface area contributed by atoms with Crippen molar-refractivity contribution < 1.29 is 14.3 Å². The quantitative estimate of drug-likeness (QED) is 0.413. The van der Waals surface area contributed by atoms with Crippen molar-refractivity contribution in [1.82, 2.24) is 19.8 Å². The molecule has 0 aliphatic carbocycles. The van der Waals surface area contributed by atoms with Crippen molar-refractivity contribution in [1.29, 1.82) is 0 Å². The van der Waals surface area contributed by atoms with Crippen molar-refractivity contribution in [2.45, 2.75) is 6.92 Å². The SMILES string of the molecule is CCOC(=O)N1CCN(C(=O)c2ccc3nc(-c4cccs4)c(-c4cccs4)nc3c2)CC1. The van der Waals surface area contributed by atoms with Crippen LogP contribution in [-0.4, -0.2) is 64.6 Å². The molecular weight excluding hydrogens is 456 g/mol. The number of hydrogen-bond acceptors (Lipinski definition) is 7. The fourth-order valence-electron chi connectivity index (χ4n) is 3.85. The maximum Gasteiger partial charge on any atom is 0.409 e. The first-order valence-corrected chi connectivity index (χ1v) is 12.5. The van der Waals surface area contributed by atoms with E-state index in [9.17, 15) is 9.59 Å². The minimum atomic E-state index is -0.326. The Bertz CT molecular complexity index is 1280. The normalized spacial score (nSPS) is 14.0. The van der Waals surface area contributed by atoms with Crippen molar-refractivity contribution in [3.8, 4) is 21.1 Å². The van der Waals surface area contributed by atoms with E-state index in [2.05, 4.69) is 0 Å². The summed E-state index contributed by atoms with van der Waals surface area (Å²) in [4.78, 5) is 40.4. The number of benzene rings is 1. The lowest BCUT2D eigenvalue weighted by Crippen LogP contribution is -2.50. The van der Waals surface area contributed by atoms with Gasteiger partial charge in [-0.2, -0.15) is 0 Å². The highest BCUT2D eigenvalue weighted by Crippen LogP contribution is 2.35. The van der Waals surface area contributed by atoms with Crippen LogP contribution in [0, 0.1) is 0 Å². The summed E-state index contributed by atoms with van der Waals surface area (Å²) in [5, 5.41) is 4.05. The summed E-state index contributed by atoms with van der Waals surface area (Å²) in [7, 11) is 0. The third-order valence-corrected chi connectivity index (χ3v) is 7.27. The summed E-state index contributed by atoms with van der Waals surface area (Å²) in [6.45, 7) is 4.00. The molecule has 1 saturated heterocycles. The summed E-state index contributed by atoms with van der Waals surface area (Å²) in [6.07, 6.45) is -0.326. The van der Waals surface area contributed by atoms with Crippen LogP contribution in [0.1, 0.15) is 17.3 Å². The molecule has 168 valence electrons. The number of carbonyl (C=O) groups is 2. The molecule has 4 heterocycles. The second-order valence-corrected chi connectivity index (χ2v) is 9.45. The van der Waals surface area contributed by atoms with Crippen molar-refractivity contribution in [2.75, 3.05) is 32.8 Å². The molecule has 1 aromatic carbocycles. The van der Waals surface area contributed by atoms with Gasteiger partial charge in [0.1, 0.15) is 11.4 Å². The standard InChI is InChI=1S/C24H22N4O3S2/c1-2-31-24(30)28-11-9-27(10-12-28)23(29)16-7-8-17-18(15-16)26-22(20-6-4-14-33-20)21(25-17)19-5-3-13-32-19/h3-8,13-15H,2,9-12H2,1H3. The van der Waals surface area contributed by atoms with Crippen molar-refractivity contribution in [3.63, 3.8) is 0 Å². The van der Waals surface area contributed by atoms with E-state index in [1.54, 1.807) is 45.5 Å². The summed E-state index contributed by atoms with van der Waals surface area (Å²) in [5.41, 5.74) is 3.70. The molecule has 5 rings (SSSR count). The van der Waals surface area contributed by atoms with Gasteiger partial charge in [0, 0.05) is 31.7 Å². The number of carbonyl (C=O) groups excluding carboxylic acids is 2. The van der Waals surface area contributed by atoms with E-state index >= 15 is 0 Å². The summed E-state index contributed by atoms with van der Waals surface area (Å²) in [5.74, 6) is -0.0674. The molecule has 0 N–H and O–H groups in total. The average molecular weight is 479 g/mol. The van der Waals surface area contributed by atoms with E-state index in [4.69, 9.17) is 14.7 Å². The number of fused-ring (bicyclic) bond motifs is 1. The Morgan fingerprint density at radius 1 is 0.879 bits per heavy atom. The first-order valence-electron chi connectivity index (χ1n) is 10.7. The monoisotopic (exact) mass is 478 g/mol. The van der Waals surface area contributed by atoms with Gasteiger partial charge in [-0.3, -0.25) is 4.79 Å². The molecule has 1 aliphatic rings. The number of amides is 2. The predicted molar refractivity (Wildman–Crippen MR) is 131 cm³/mol. The first-order chi connectivity index (χ1) is 16.1. The molecule has 9 heteroatoms. The molecule has 4 aromatic rings. The second kappa shape index (κ2) is 9.29. The molecular formula is C24H22N4O3S2. The maximum atomic E-state index is 13.2. The number of piperazine rings is 1. The van der Waals surface area contributed by atoms with E-state index in [1.807, 2.05) is 47.2 Å². The van der Waals surface area contributed by atoms with Gasteiger partial charge in [-0.25, -0.2) is 14.8 Å². The lowest BCUT2D eigenvalue weighted by molar-refractivity contribution is 0.0570.